The number of nitrogens with one attached hydrogen (secondary N) is 2. The van der Waals surface area contributed by atoms with E-state index in [0.29, 0.717) is 6.04 Å². The zero-order valence-electron chi connectivity index (χ0n) is 6.44. The molecule has 3 nitrogen and oxygen atoms in total. The normalized spacial score (nSPS) is 14.3. The summed E-state index contributed by atoms with van der Waals surface area (Å²) in [6.07, 6.45) is 0.0787. The van der Waals surface area contributed by atoms with Crippen LogP contribution in [-0.2, 0) is 0 Å². The second kappa shape index (κ2) is 4.73. The zero-order chi connectivity index (χ0) is 7.28. The summed E-state index contributed by atoms with van der Waals surface area (Å²) in [4.78, 5) is 0. The van der Waals surface area contributed by atoms with Gasteiger partial charge < -0.3 is 11.1 Å². The van der Waals surface area contributed by atoms with Gasteiger partial charge in [-0.05, 0) is 20.9 Å². The van der Waals surface area contributed by atoms with Crippen LogP contribution in [0, 0.1) is 0 Å². The standard InChI is InChI=1S/C6H17N3/c1-5(2)9-6(7)4-8-3/h5-6,8-9H,4,7H2,1-3H3. The van der Waals surface area contributed by atoms with Gasteiger partial charge in [0.1, 0.15) is 0 Å². The van der Waals surface area contributed by atoms with Crippen molar-refractivity contribution in [2.75, 3.05) is 13.6 Å². The van der Waals surface area contributed by atoms with Crippen molar-refractivity contribution in [3.05, 3.63) is 0 Å². The van der Waals surface area contributed by atoms with Gasteiger partial charge in [-0.15, -0.1) is 0 Å². The largest absolute Gasteiger partial charge is 0.317 e. The average molecular weight is 131 g/mol. The number of hydrogen-bond donors (Lipinski definition) is 3. The average Bonchev–Trinajstić information content (AvgIpc) is 1.63. The van der Waals surface area contributed by atoms with Crippen LogP contribution in [0.2, 0.25) is 0 Å². The van der Waals surface area contributed by atoms with Crippen LogP contribution < -0.4 is 16.4 Å². The van der Waals surface area contributed by atoms with Crippen molar-refractivity contribution in [3.63, 3.8) is 0 Å². The minimum atomic E-state index is 0.0787. The van der Waals surface area contributed by atoms with Crippen molar-refractivity contribution in [1.29, 1.82) is 0 Å². The molecule has 0 heterocycles. The van der Waals surface area contributed by atoms with E-state index in [1.807, 2.05) is 7.05 Å². The first-order valence-electron chi connectivity index (χ1n) is 3.33. The van der Waals surface area contributed by atoms with Crippen LogP contribution in [0.15, 0.2) is 0 Å². The molecule has 0 saturated heterocycles. The Balaban J connectivity index is 3.15. The van der Waals surface area contributed by atoms with E-state index in [1.54, 1.807) is 0 Å². The monoisotopic (exact) mass is 131 g/mol. The first kappa shape index (κ1) is 8.88. The zero-order valence-corrected chi connectivity index (χ0v) is 6.44. The predicted octanol–water partition coefficient (Wildman–Crippen LogP) is -0.511. The highest BCUT2D eigenvalue weighted by molar-refractivity contribution is 4.62. The molecule has 0 aromatic rings. The quantitative estimate of drug-likeness (QED) is 0.450. The SMILES string of the molecule is CNCC(N)NC(C)C. The predicted molar refractivity (Wildman–Crippen MR) is 40.2 cm³/mol. The van der Waals surface area contributed by atoms with Crippen molar-refractivity contribution in [2.24, 2.45) is 5.73 Å². The summed E-state index contributed by atoms with van der Waals surface area (Å²) < 4.78 is 0. The topological polar surface area (TPSA) is 50.1 Å². The number of hydrogen-bond acceptors (Lipinski definition) is 3. The summed E-state index contributed by atoms with van der Waals surface area (Å²) in [6, 6.07) is 0.466. The molecule has 0 aliphatic rings. The Morgan fingerprint density at radius 2 is 2.00 bits per heavy atom. The highest BCUT2D eigenvalue weighted by Gasteiger charge is 1.99. The van der Waals surface area contributed by atoms with E-state index in [2.05, 4.69) is 24.5 Å². The van der Waals surface area contributed by atoms with E-state index in [1.165, 1.54) is 0 Å². The number of likely N-dealkylation sites (N-methyl/N-ethyl adjacent to an activating group) is 1. The molecular formula is C6H17N3. The summed E-state index contributed by atoms with van der Waals surface area (Å²) >= 11 is 0. The van der Waals surface area contributed by atoms with Gasteiger partial charge in [-0.3, -0.25) is 5.32 Å². The third-order valence-electron chi connectivity index (χ3n) is 0.971. The molecule has 56 valence electrons. The molecule has 0 aromatic heterocycles. The Labute approximate surface area is 57.0 Å². The Bertz CT molecular complexity index is 63.3. The van der Waals surface area contributed by atoms with Crippen molar-refractivity contribution in [1.82, 2.24) is 10.6 Å². The lowest BCUT2D eigenvalue weighted by Gasteiger charge is -2.15. The maximum atomic E-state index is 5.61. The molecule has 0 radical (unpaired) electrons. The second-order valence-corrected chi connectivity index (χ2v) is 2.49. The molecule has 0 aromatic carbocycles. The second-order valence-electron chi connectivity index (χ2n) is 2.49. The third kappa shape index (κ3) is 5.76. The Morgan fingerprint density at radius 1 is 1.44 bits per heavy atom. The fourth-order valence-electron chi connectivity index (χ4n) is 0.707. The summed E-state index contributed by atoms with van der Waals surface area (Å²) in [7, 11) is 1.89. The van der Waals surface area contributed by atoms with E-state index in [-0.39, 0.29) is 6.17 Å². The molecule has 0 saturated carbocycles. The smallest absolute Gasteiger partial charge is 0.0676 e. The molecule has 1 atom stereocenters. The molecule has 0 aliphatic heterocycles. The molecular weight excluding hydrogens is 114 g/mol. The Hall–Kier alpha value is -0.120. The lowest BCUT2D eigenvalue weighted by molar-refractivity contribution is 0.459. The van der Waals surface area contributed by atoms with Crippen molar-refractivity contribution in [2.45, 2.75) is 26.1 Å². The van der Waals surface area contributed by atoms with Crippen molar-refractivity contribution in [3.8, 4) is 0 Å². The number of rotatable bonds is 4. The third-order valence-corrected chi connectivity index (χ3v) is 0.971. The van der Waals surface area contributed by atoms with E-state index < -0.39 is 0 Å². The summed E-state index contributed by atoms with van der Waals surface area (Å²) in [5, 5.41) is 6.14. The fourth-order valence-corrected chi connectivity index (χ4v) is 0.707. The van der Waals surface area contributed by atoms with Gasteiger partial charge in [0.25, 0.3) is 0 Å². The van der Waals surface area contributed by atoms with Gasteiger partial charge in [0, 0.05) is 12.6 Å². The molecule has 0 fully saturated rings. The van der Waals surface area contributed by atoms with Crippen LogP contribution in [0.3, 0.4) is 0 Å². The first-order valence-corrected chi connectivity index (χ1v) is 3.33. The van der Waals surface area contributed by atoms with Gasteiger partial charge in [0.2, 0.25) is 0 Å². The van der Waals surface area contributed by atoms with Crippen LogP contribution in [-0.4, -0.2) is 25.8 Å². The van der Waals surface area contributed by atoms with Crippen LogP contribution in [0.1, 0.15) is 13.8 Å². The van der Waals surface area contributed by atoms with E-state index >= 15 is 0 Å². The molecule has 1 unspecified atom stereocenters. The maximum Gasteiger partial charge on any atom is 0.0676 e. The summed E-state index contributed by atoms with van der Waals surface area (Å²) in [6.45, 7) is 4.98. The van der Waals surface area contributed by atoms with Gasteiger partial charge in [0.05, 0.1) is 6.17 Å². The Kier molecular flexibility index (Phi) is 4.67. The van der Waals surface area contributed by atoms with Crippen LogP contribution in [0.25, 0.3) is 0 Å². The lowest BCUT2D eigenvalue weighted by Crippen LogP contribution is -2.47. The molecule has 4 N–H and O–H groups in total. The molecule has 0 spiro atoms. The van der Waals surface area contributed by atoms with Gasteiger partial charge in [0.15, 0.2) is 0 Å². The van der Waals surface area contributed by atoms with Crippen molar-refractivity contribution >= 4 is 0 Å². The Morgan fingerprint density at radius 3 is 2.33 bits per heavy atom. The molecule has 0 rings (SSSR count). The van der Waals surface area contributed by atoms with Crippen LogP contribution in [0.5, 0.6) is 0 Å². The van der Waals surface area contributed by atoms with Gasteiger partial charge in [-0.2, -0.15) is 0 Å². The summed E-state index contributed by atoms with van der Waals surface area (Å²) in [5.74, 6) is 0. The number of nitrogens with two attached hydrogens (primary N) is 1. The molecule has 9 heavy (non-hydrogen) atoms. The van der Waals surface area contributed by atoms with Crippen LogP contribution in [0.4, 0.5) is 0 Å². The van der Waals surface area contributed by atoms with Gasteiger partial charge in [-0.1, -0.05) is 0 Å². The van der Waals surface area contributed by atoms with Crippen LogP contribution >= 0.6 is 0 Å². The minimum Gasteiger partial charge on any atom is -0.317 e. The highest BCUT2D eigenvalue weighted by Crippen LogP contribution is 1.76. The van der Waals surface area contributed by atoms with Gasteiger partial charge in [-0.25, -0.2) is 0 Å². The fraction of sp³-hybridized carbons (Fsp3) is 1.00. The summed E-state index contributed by atoms with van der Waals surface area (Å²) in [5.41, 5.74) is 5.61. The molecule has 0 amide bonds. The molecule has 0 aliphatic carbocycles. The minimum absolute atomic E-state index is 0.0787. The first-order chi connectivity index (χ1) is 4.16. The molecule has 3 heteroatoms. The molecule has 0 bridgehead atoms. The van der Waals surface area contributed by atoms with Gasteiger partial charge >= 0.3 is 0 Å². The maximum absolute atomic E-state index is 5.61. The van der Waals surface area contributed by atoms with E-state index in [4.69, 9.17) is 5.73 Å². The van der Waals surface area contributed by atoms with E-state index in [0.717, 1.165) is 6.54 Å². The van der Waals surface area contributed by atoms with E-state index in [9.17, 15) is 0 Å². The lowest BCUT2D eigenvalue weighted by atomic mass is 10.3. The van der Waals surface area contributed by atoms with Crippen molar-refractivity contribution < 1.29 is 0 Å². The highest BCUT2D eigenvalue weighted by atomic mass is 15.1.